The van der Waals surface area contributed by atoms with E-state index < -0.39 is 0 Å². The summed E-state index contributed by atoms with van der Waals surface area (Å²) in [5.74, 6) is 0.786. The Bertz CT molecular complexity index is 933. The molecule has 2 aliphatic heterocycles. The first kappa shape index (κ1) is 19.6. The molecule has 2 aromatic heterocycles. The number of hydrogen-bond acceptors (Lipinski definition) is 5. The number of amides is 1. The summed E-state index contributed by atoms with van der Waals surface area (Å²) >= 11 is 1.36. The largest absolute Gasteiger partial charge is 0.351 e. The highest BCUT2D eigenvalue weighted by Crippen LogP contribution is 2.28. The number of piperidine rings is 1. The quantitative estimate of drug-likeness (QED) is 0.754. The first-order chi connectivity index (χ1) is 13.6. The predicted molar refractivity (Wildman–Crippen MR) is 113 cm³/mol. The number of aromatic nitrogens is 2. The highest BCUT2D eigenvalue weighted by molar-refractivity contribution is 7.20. The van der Waals surface area contributed by atoms with Crippen molar-refractivity contribution in [3.8, 4) is 0 Å². The fourth-order valence-electron chi connectivity index (χ4n) is 4.67. The summed E-state index contributed by atoms with van der Waals surface area (Å²) in [6, 6.07) is 0.704. The number of carbonyl (C=O) groups is 1. The topological polar surface area (TPSA) is 67.2 Å². The number of aryl methyl sites for hydroxylation is 2. The molecule has 0 spiro atoms. The van der Waals surface area contributed by atoms with Crippen LogP contribution < -0.4 is 10.9 Å². The molecule has 0 radical (unpaired) electrons. The van der Waals surface area contributed by atoms with E-state index in [1.165, 1.54) is 43.6 Å². The minimum absolute atomic E-state index is 0.0148. The normalized spacial score (nSPS) is 19.9. The summed E-state index contributed by atoms with van der Waals surface area (Å²) in [6.45, 7) is 7.77. The third-order valence-electron chi connectivity index (χ3n) is 6.25. The first-order valence-electron chi connectivity index (χ1n) is 10.6. The Balaban J connectivity index is 1.40. The van der Waals surface area contributed by atoms with Crippen molar-refractivity contribution in [2.24, 2.45) is 0 Å². The van der Waals surface area contributed by atoms with Gasteiger partial charge in [-0.2, -0.15) is 0 Å². The summed E-state index contributed by atoms with van der Waals surface area (Å²) in [5.41, 5.74) is 0.792. The van der Waals surface area contributed by atoms with Crippen LogP contribution in [0.3, 0.4) is 0 Å². The molecule has 0 aliphatic carbocycles. The predicted octanol–water partition coefficient (Wildman–Crippen LogP) is 3.10. The SMILES string of the molecule is CCC1CCCCN1CCCNC(=O)c1sc2nc3n(c(=O)c2c1C)CCC3. The molecule has 7 heteroatoms. The lowest BCUT2D eigenvalue weighted by molar-refractivity contribution is 0.0951. The van der Waals surface area contributed by atoms with Crippen LogP contribution in [0.25, 0.3) is 10.2 Å². The molecule has 0 bridgehead atoms. The molecule has 0 saturated carbocycles. The molecule has 4 heterocycles. The number of thiophene rings is 1. The lowest BCUT2D eigenvalue weighted by Gasteiger charge is -2.35. The Labute approximate surface area is 169 Å². The zero-order valence-corrected chi connectivity index (χ0v) is 17.7. The summed E-state index contributed by atoms with van der Waals surface area (Å²) in [6.07, 6.45) is 7.92. The van der Waals surface area contributed by atoms with Gasteiger partial charge >= 0.3 is 0 Å². The van der Waals surface area contributed by atoms with Gasteiger partial charge in [0, 0.05) is 32.1 Å². The molecule has 2 aliphatic rings. The van der Waals surface area contributed by atoms with E-state index in [1.54, 1.807) is 4.57 Å². The van der Waals surface area contributed by atoms with Crippen LogP contribution in [0.1, 0.15) is 66.5 Å². The highest BCUT2D eigenvalue weighted by atomic mass is 32.1. The number of nitrogens with one attached hydrogen (secondary N) is 1. The smallest absolute Gasteiger partial charge is 0.262 e. The molecule has 4 rings (SSSR count). The summed E-state index contributed by atoms with van der Waals surface area (Å²) in [4.78, 5) is 34.1. The van der Waals surface area contributed by atoms with Crippen molar-refractivity contribution in [3.05, 3.63) is 26.6 Å². The van der Waals surface area contributed by atoms with Gasteiger partial charge < -0.3 is 10.2 Å². The van der Waals surface area contributed by atoms with E-state index in [9.17, 15) is 9.59 Å². The van der Waals surface area contributed by atoms with E-state index in [4.69, 9.17) is 0 Å². The van der Waals surface area contributed by atoms with Gasteiger partial charge in [-0.25, -0.2) is 4.98 Å². The van der Waals surface area contributed by atoms with Crippen LogP contribution >= 0.6 is 11.3 Å². The second-order valence-corrected chi connectivity index (χ2v) is 9.03. The molecule has 2 aromatic rings. The van der Waals surface area contributed by atoms with E-state index >= 15 is 0 Å². The van der Waals surface area contributed by atoms with Gasteiger partial charge in [0.15, 0.2) is 0 Å². The van der Waals surface area contributed by atoms with Crippen molar-refractivity contribution in [2.75, 3.05) is 19.6 Å². The molecular formula is C21H30N4O2S. The fourth-order valence-corrected chi connectivity index (χ4v) is 5.78. The van der Waals surface area contributed by atoms with E-state index in [-0.39, 0.29) is 11.5 Å². The van der Waals surface area contributed by atoms with Gasteiger partial charge in [-0.15, -0.1) is 11.3 Å². The third kappa shape index (κ3) is 3.62. The second-order valence-electron chi connectivity index (χ2n) is 8.03. The number of likely N-dealkylation sites (tertiary alicyclic amines) is 1. The molecule has 152 valence electrons. The van der Waals surface area contributed by atoms with Crippen LogP contribution in [0, 0.1) is 6.92 Å². The maximum Gasteiger partial charge on any atom is 0.262 e. The minimum atomic E-state index is -0.0734. The van der Waals surface area contributed by atoms with Crippen molar-refractivity contribution in [2.45, 2.75) is 71.4 Å². The van der Waals surface area contributed by atoms with Crippen molar-refractivity contribution in [1.29, 1.82) is 0 Å². The maximum atomic E-state index is 12.8. The van der Waals surface area contributed by atoms with Crippen molar-refractivity contribution < 1.29 is 4.79 Å². The van der Waals surface area contributed by atoms with Crippen LogP contribution in [0.5, 0.6) is 0 Å². The molecule has 1 saturated heterocycles. The van der Waals surface area contributed by atoms with Crippen molar-refractivity contribution >= 4 is 27.5 Å². The summed E-state index contributed by atoms with van der Waals surface area (Å²) < 4.78 is 1.77. The summed E-state index contributed by atoms with van der Waals surface area (Å²) in [5, 5.41) is 3.68. The van der Waals surface area contributed by atoms with Crippen LogP contribution in [0.2, 0.25) is 0 Å². The van der Waals surface area contributed by atoms with Crippen LogP contribution in [-0.2, 0) is 13.0 Å². The minimum Gasteiger partial charge on any atom is -0.351 e. The Hall–Kier alpha value is -1.73. The van der Waals surface area contributed by atoms with Crippen molar-refractivity contribution in [1.82, 2.24) is 19.8 Å². The zero-order chi connectivity index (χ0) is 19.7. The zero-order valence-electron chi connectivity index (χ0n) is 16.9. The summed E-state index contributed by atoms with van der Waals surface area (Å²) in [7, 11) is 0. The lowest BCUT2D eigenvalue weighted by Crippen LogP contribution is -2.40. The Kier molecular flexibility index (Phi) is 5.83. The van der Waals surface area contributed by atoms with E-state index in [0.29, 0.717) is 27.7 Å². The Morgan fingerprint density at radius 3 is 2.96 bits per heavy atom. The number of hydrogen-bond donors (Lipinski definition) is 1. The van der Waals surface area contributed by atoms with Gasteiger partial charge in [0.2, 0.25) is 0 Å². The van der Waals surface area contributed by atoms with Crippen molar-refractivity contribution in [3.63, 3.8) is 0 Å². The molecule has 0 aromatic carbocycles. The van der Waals surface area contributed by atoms with Gasteiger partial charge in [-0.05, 0) is 51.1 Å². The second kappa shape index (κ2) is 8.33. The highest BCUT2D eigenvalue weighted by Gasteiger charge is 2.23. The standard InChI is InChI=1S/C21H30N4O2S/c1-3-15-8-4-5-11-24(15)12-7-10-22-19(26)18-14(2)17-20(28-18)23-16-9-6-13-25(16)21(17)27/h15H,3-13H2,1-2H3,(H,22,26). The average Bonchev–Trinajstić information content (AvgIpc) is 3.30. The molecule has 1 fully saturated rings. The van der Waals surface area contributed by atoms with E-state index in [2.05, 4.69) is 22.1 Å². The van der Waals surface area contributed by atoms with Crippen LogP contribution in [-0.4, -0.2) is 46.0 Å². The molecule has 28 heavy (non-hydrogen) atoms. The Morgan fingerprint density at radius 2 is 2.14 bits per heavy atom. The Morgan fingerprint density at radius 1 is 1.29 bits per heavy atom. The molecule has 1 atom stereocenters. The van der Waals surface area contributed by atoms with Crippen LogP contribution in [0.4, 0.5) is 0 Å². The van der Waals surface area contributed by atoms with Gasteiger partial charge in [0.25, 0.3) is 11.5 Å². The molecule has 1 amide bonds. The molecule has 6 nitrogen and oxygen atoms in total. The van der Waals surface area contributed by atoms with Gasteiger partial charge in [0.05, 0.1) is 10.3 Å². The number of rotatable bonds is 6. The van der Waals surface area contributed by atoms with Gasteiger partial charge in [-0.1, -0.05) is 13.3 Å². The van der Waals surface area contributed by atoms with E-state index in [0.717, 1.165) is 43.7 Å². The molecule has 1 unspecified atom stereocenters. The monoisotopic (exact) mass is 402 g/mol. The fraction of sp³-hybridized carbons (Fsp3) is 0.667. The number of fused-ring (bicyclic) bond motifs is 2. The van der Waals surface area contributed by atoms with Gasteiger partial charge in [-0.3, -0.25) is 14.2 Å². The maximum absolute atomic E-state index is 12.8. The number of nitrogens with zero attached hydrogens (tertiary/aromatic N) is 3. The molecule has 1 N–H and O–H groups in total. The third-order valence-corrected chi connectivity index (χ3v) is 7.43. The first-order valence-corrected chi connectivity index (χ1v) is 11.5. The average molecular weight is 403 g/mol. The lowest BCUT2D eigenvalue weighted by atomic mass is 10.00. The number of carbonyl (C=O) groups excluding carboxylic acids is 1. The molecular weight excluding hydrogens is 372 g/mol. The van der Waals surface area contributed by atoms with E-state index in [1.807, 2.05) is 6.92 Å². The van der Waals surface area contributed by atoms with Crippen LogP contribution in [0.15, 0.2) is 4.79 Å². The van der Waals surface area contributed by atoms with Gasteiger partial charge in [0.1, 0.15) is 10.7 Å².